The molecule has 2 rings (SSSR count). The summed E-state index contributed by atoms with van der Waals surface area (Å²) >= 11 is 23.9. The number of imide groups is 1. The Hall–Kier alpha value is -1.01. The number of carbonyl (C=O) groups is 3. The molecule has 5 nitrogen and oxygen atoms in total. The summed E-state index contributed by atoms with van der Waals surface area (Å²) in [5.41, 5.74) is -0.434. The first kappa shape index (κ1) is 18.3. The van der Waals surface area contributed by atoms with Crippen LogP contribution in [0, 0.1) is 5.92 Å². The molecule has 0 bridgehead atoms. The summed E-state index contributed by atoms with van der Waals surface area (Å²) in [5, 5.41) is 8.68. The lowest BCUT2D eigenvalue weighted by Crippen LogP contribution is -2.48. The number of amides is 2. The van der Waals surface area contributed by atoms with Crippen LogP contribution in [0.1, 0.15) is 41.0 Å². The van der Waals surface area contributed by atoms with Gasteiger partial charge in [0, 0.05) is 0 Å². The van der Waals surface area contributed by atoms with Crippen molar-refractivity contribution in [2.24, 2.45) is 5.92 Å². The Balaban J connectivity index is 2.69. The smallest absolute Gasteiger partial charge is 0.327 e. The van der Waals surface area contributed by atoms with E-state index in [0.717, 1.165) is 0 Å². The fourth-order valence-electron chi connectivity index (χ4n) is 2.45. The lowest BCUT2D eigenvalue weighted by atomic mass is 9.98. The van der Waals surface area contributed by atoms with Gasteiger partial charge >= 0.3 is 5.97 Å². The number of rotatable bonds is 4. The first-order valence-corrected chi connectivity index (χ1v) is 8.12. The van der Waals surface area contributed by atoms with Crippen LogP contribution in [0.3, 0.4) is 0 Å². The average Bonchev–Trinajstić information content (AvgIpc) is 2.75. The SMILES string of the molecule is CC[C@H](C)[C@@H](C(=O)O)N1C(=O)c2c(Cl)c(Cl)c(Cl)c(Cl)c2C1=O. The summed E-state index contributed by atoms with van der Waals surface area (Å²) < 4.78 is 0. The molecule has 1 aromatic rings. The van der Waals surface area contributed by atoms with Gasteiger partial charge in [0.05, 0.1) is 31.2 Å². The largest absolute Gasteiger partial charge is 0.480 e. The van der Waals surface area contributed by atoms with E-state index in [9.17, 15) is 19.5 Å². The van der Waals surface area contributed by atoms with Crippen molar-refractivity contribution in [1.29, 1.82) is 0 Å². The summed E-state index contributed by atoms with van der Waals surface area (Å²) in [6.07, 6.45) is 0.452. The minimum Gasteiger partial charge on any atom is -0.480 e. The zero-order valence-corrected chi connectivity index (χ0v) is 15.0. The third-order valence-electron chi connectivity index (χ3n) is 3.85. The van der Waals surface area contributed by atoms with Gasteiger partial charge in [-0.05, 0) is 5.92 Å². The number of carboxylic acids is 1. The lowest BCUT2D eigenvalue weighted by Gasteiger charge is -2.27. The van der Waals surface area contributed by atoms with Gasteiger partial charge in [-0.1, -0.05) is 66.7 Å². The second kappa shape index (κ2) is 6.48. The lowest BCUT2D eigenvalue weighted by molar-refractivity contribution is -0.143. The van der Waals surface area contributed by atoms with Crippen LogP contribution >= 0.6 is 46.4 Å². The van der Waals surface area contributed by atoms with Gasteiger partial charge in [-0.2, -0.15) is 0 Å². The zero-order valence-electron chi connectivity index (χ0n) is 12.0. The predicted molar refractivity (Wildman–Crippen MR) is 87.9 cm³/mol. The minimum absolute atomic E-state index is 0.157. The van der Waals surface area contributed by atoms with Crippen LogP contribution in [0.15, 0.2) is 0 Å². The van der Waals surface area contributed by atoms with E-state index >= 15 is 0 Å². The third kappa shape index (κ3) is 2.70. The number of nitrogens with zero attached hydrogens (tertiary/aromatic N) is 1. The zero-order chi connectivity index (χ0) is 17.6. The molecule has 1 aromatic carbocycles. The van der Waals surface area contributed by atoms with Gasteiger partial charge < -0.3 is 5.11 Å². The van der Waals surface area contributed by atoms with Crippen molar-refractivity contribution >= 4 is 64.2 Å². The number of carboxylic acid groups (broad SMARTS) is 1. The van der Waals surface area contributed by atoms with E-state index in [2.05, 4.69) is 0 Å². The standard InChI is InChI=1S/C14H11Cl4NO4/c1-3-4(2)11(14(22)23)19-12(20)5-6(13(19)21)8(16)10(18)9(17)7(5)15/h4,11H,3H2,1-2H3,(H,22,23)/t4-,11-/m0/s1. The van der Waals surface area contributed by atoms with Crippen molar-refractivity contribution in [2.45, 2.75) is 26.3 Å². The van der Waals surface area contributed by atoms with Crippen LogP contribution in [0.2, 0.25) is 20.1 Å². The Kier molecular flexibility index (Phi) is 5.16. The van der Waals surface area contributed by atoms with E-state index in [1.54, 1.807) is 13.8 Å². The molecule has 0 saturated heterocycles. The van der Waals surface area contributed by atoms with Crippen LogP contribution in [0.5, 0.6) is 0 Å². The quantitative estimate of drug-likeness (QED) is 0.463. The maximum Gasteiger partial charge on any atom is 0.327 e. The maximum atomic E-state index is 12.6. The Morgan fingerprint density at radius 1 is 1.00 bits per heavy atom. The van der Waals surface area contributed by atoms with E-state index in [-0.39, 0.29) is 31.2 Å². The van der Waals surface area contributed by atoms with Gasteiger partial charge in [0.2, 0.25) is 0 Å². The number of benzene rings is 1. The van der Waals surface area contributed by atoms with Crippen molar-refractivity contribution in [2.75, 3.05) is 0 Å². The highest BCUT2D eigenvalue weighted by Gasteiger charge is 2.48. The Morgan fingerprint density at radius 3 is 1.70 bits per heavy atom. The van der Waals surface area contributed by atoms with Crippen LogP contribution < -0.4 is 0 Å². The average molecular weight is 399 g/mol. The molecule has 124 valence electrons. The summed E-state index contributed by atoms with van der Waals surface area (Å²) in [4.78, 5) is 37.4. The molecular weight excluding hydrogens is 388 g/mol. The van der Waals surface area contributed by atoms with Crippen molar-refractivity contribution in [1.82, 2.24) is 4.90 Å². The minimum atomic E-state index is -1.34. The number of fused-ring (bicyclic) bond motifs is 1. The molecule has 9 heteroatoms. The van der Waals surface area contributed by atoms with Gasteiger partial charge in [0.15, 0.2) is 0 Å². The van der Waals surface area contributed by atoms with Crippen LogP contribution in [-0.4, -0.2) is 33.8 Å². The fourth-order valence-corrected chi connectivity index (χ4v) is 3.47. The molecule has 1 aliphatic rings. The molecule has 0 saturated carbocycles. The van der Waals surface area contributed by atoms with Gasteiger partial charge in [0.25, 0.3) is 11.8 Å². The van der Waals surface area contributed by atoms with Crippen molar-refractivity contribution in [3.05, 3.63) is 31.2 Å². The molecule has 1 N–H and O–H groups in total. The highest BCUT2D eigenvalue weighted by atomic mass is 35.5. The second-order valence-electron chi connectivity index (χ2n) is 5.15. The molecule has 1 heterocycles. The number of halogens is 4. The number of carbonyl (C=O) groups excluding carboxylic acids is 2. The molecule has 0 unspecified atom stereocenters. The van der Waals surface area contributed by atoms with E-state index in [0.29, 0.717) is 11.3 Å². The number of hydrogen-bond donors (Lipinski definition) is 1. The first-order chi connectivity index (χ1) is 10.6. The normalized spacial score (nSPS) is 16.5. The Bertz CT molecular complexity index is 687. The molecule has 1 aliphatic heterocycles. The summed E-state index contributed by atoms with van der Waals surface area (Å²) in [7, 11) is 0. The summed E-state index contributed by atoms with van der Waals surface area (Å²) in [6.45, 7) is 3.39. The molecule has 0 spiro atoms. The van der Waals surface area contributed by atoms with Gasteiger partial charge in [-0.25, -0.2) is 4.79 Å². The topological polar surface area (TPSA) is 74.7 Å². The van der Waals surface area contributed by atoms with Crippen LogP contribution in [-0.2, 0) is 4.79 Å². The molecule has 0 fully saturated rings. The molecule has 0 aromatic heterocycles. The Morgan fingerprint density at radius 2 is 1.39 bits per heavy atom. The molecule has 23 heavy (non-hydrogen) atoms. The molecule has 2 amide bonds. The second-order valence-corrected chi connectivity index (χ2v) is 6.67. The molecular formula is C14H11Cl4NO4. The van der Waals surface area contributed by atoms with E-state index < -0.39 is 29.7 Å². The molecule has 2 atom stereocenters. The van der Waals surface area contributed by atoms with Crippen molar-refractivity contribution in [3.63, 3.8) is 0 Å². The van der Waals surface area contributed by atoms with E-state index in [1.807, 2.05) is 0 Å². The van der Waals surface area contributed by atoms with Crippen LogP contribution in [0.25, 0.3) is 0 Å². The van der Waals surface area contributed by atoms with Crippen molar-refractivity contribution in [3.8, 4) is 0 Å². The monoisotopic (exact) mass is 397 g/mol. The first-order valence-electron chi connectivity index (χ1n) is 6.61. The third-order valence-corrected chi connectivity index (χ3v) is 5.65. The fraction of sp³-hybridized carbons (Fsp3) is 0.357. The highest BCUT2D eigenvalue weighted by molar-refractivity contribution is 6.55. The van der Waals surface area contributed by atoms with Crippen LogP contribution in [0.4, 0.5) is 0 Å². The summed E-state index contributed by atoms with van der Waals surface area (Å²) in [5.74, 6) is -3.44. The molecule has 0 radical (unpaired) electrons. The van der Waals surface area contributed by atoms with E-state index in [4.69, 9.17) is 46.4 Å². The van der Waals surface area contributed by atoms with Gasteiger partial charge in [-0.3, -0.25) is 14.5 Å². The Labute approximate surface area is 152 Å². The highest BCUT2D eigenvalue weighted by Crippen LogP contribution is 2.45. The maximum absolute atomic E-state index is 12.6. The van der Waals surface area contributed by atoms with Crippen molar-refractivity contribution < 1.29 is 19.5 Å². The molecule has 0 aliphatic carbocycles. The van der Waals surface area contributed by atoms with Gasteiger partial charge in [-0.15, -0.1) is 0 Å². The van der Waals surface area contributed by atoms with Gasteiger partial charge in [0.1, 0.15) is 6.04 Å². The number of aliphatic carboxylic acids is 1. The number of hydrogen-bond acceptors (Lipinski definition) is 3. The predicted octanol–water partition coefficient (Wildman–Crippen LogP) is 4.40. The summed E-state index contributed by atoms with van der Waals surface area (Å²) in [6, 6.07) is -1.34. The van der Waals surface area contributed by atoms with E-state index in [1.165, 1.54) is 0 Å².